The first-order valence-corrected chi connectivity index (χ1v) is 15.5. The summed E-state index contributed by atoms with van der Waals surface area (Å²) in [5, 5.41) is 23.6. The molecular weight excluding hydrogens is 537 g/mol. The summed E-state index contributed by atoms with van der Waals surface area (Å²) in [6.45, 7) is 8.93. The van der Waals surface area contributed by atoms with E-state index in [9.17, 15) is 24.6 Å². The van der Waals surface area contributed by atoms with E-state index in [0.29, 0.717) is 30.8 Å². The van der Waals surface area contributed by atoms with Crippen molar-refractivity contribution in [1.82, 2.24) is 0 Å². The van der Waals surface area contributed by atoms with Crippen LogP contribution in [-0.4, -0.2) is 51.7 Å². The summed E-state index contributed by atoms with van der Waals surface area (Å²) in [7, 11) is 0. The monoisotopic (exact) mass is 582 g/mol. The fourth-order valence-electron chi connectivity index (χ4n) is 9.20. The van der Waals surface area contributed by atoms with E-state index < -0.39 is 58.4 Å². The number of pyridine rings is 1. The van der Waals surface area contributed by atoms with E-state index in [-0.39, 0.29) is 24.7 Å². The van der Waals surface area contributed by atoms with Crippen molar-refractivity contribution in [1.29, 1.82) is 0 Å². The number of alkyl halides is 1. The van der Waals surface area contributed by atoms with Crippen LogP contribution in [-0.2, 0) is 25.7 Å². The maximum atomic E-state index is 17.3. The second-order valence-electron chi connectivity index (χ2n) is 13.6. The summed E-state index contributed by atoms with van der Waals surface area (Å²) in [6.07, 6.45) is 9.93. The number of carbonyl (C=O) groups is 3. The second-order valence-corrected chi connectivity index (χ2v) is 13.6. The van der Waals surface area contributed by atoms with Crippen molar-refractivity contribution in [3.05, 3.63) is 53.9 Å². The van der Waals surface area contributed by atoms with Gasteiger partial charge in [-0.2, -0.15) is 4.57 Å². The van der Waals surface area contributed by atoms with E-state index >= 15 is 4.39 Å². The third-order valence-electron chi connectivity index (χ3n) is 11.7. The molecule has 1 heterocycles. The highest BCUT2D eigenvalue weighted by atomic mass is 19.1. The summed E-state index contributed by atoms with van der Waals surface area (Å²) in [4.78, 5) is 38.4. The Balaban J connectivity index is 1.31. The number of aromatic nitrogens is 1. The zero-order chi connectivity index (χ0) is 30.7. The number of carbonyl (C=O) groups excluding carboxylic acids is 3. The van der Waals surface area contributed by atoms with Crippen LogP contribution < -0.4 is 4.57 Å². The predicted molar refractivity (Wildman–Crippen MR) is 154 cm³/mol. The number of allylic oxidation sites excluding steroid dienone is 4. The minimum Gasteiger partial charge on any atom is -0.453 e. The molecule has 0 spiro atoms. The van der Waals surface area contributed by atoms with Gasteiger partial charge in [-0.25, -0.2) is 9.18 Å². The molecule has 2 N–H and O–H groups in total. The van der Waals surface area contributed by atoms with Crippen LogP contribution in [0.5, 0.6) is 0 Å². The molecule has 8 heteroatoms. The van der Waals surface area contributed by atoms with E-state index in [2.05, 4.69) is 13.8 Å². The number of aliphatic hydroxyl groups is 2. The molecule has 0 aliphatic heterocycles. The lowest BCUT2D eigenvalue weighted by atomic mass is 9.44. The normalized spacial score (nSPS) is 38.9. The highest BCUT2D eigenvalue weighted by Gasteiger charge is 2.75. The summed E-state index contributed by atoms with van der Waals surface area (Å²) in [5.74, 6) is -2.44. The Morgan fingerprint density at radius 3 is 2.48 bits per heavy atom. The van der Waals surface area contributed by atoms with E-state index in [1.807, 2.05) is 24.5 Å². The Morgan fingerprint density at radius 1 is 1.17 bits per heavy atom. The zero-order valence-corrected chi connectivity index (χ0v) is 25.4. The Morgan fingerprint density at radius 2 is 1.83 bits per heavy atom. The van der Waals surface area contributed by atoms with Gasteiger partial charge in [-0.3, -0.25) is 9.59 Å². The van der Waals surface area contributed by atoms with Gasteiger partial charge in [0, 0.05) is 28.9 Å². The van der Waals surface area contributed by atoms with Gasteiger partial charge in [0.25, 0.3) is 0 Å². The van der Waals surface area contributed by atoms with Crippen LogP contribution in [0.25, 0.3) is 0 Å². The molecule has 5 rings (SSSR count). The lowest BCUT2D eigenvalue weighted by molar-refractivity contribution is -0.686. The van der Waals surface area contributed by atoms with Crippen molar-refractivity contribution in [3.63, 3.8) is 0 Å². The number of nitrogens with zero attached hydrogens (tertiary/aromatic N) is 1. The number of Topliss-reactive ketones (excluding diaryl/α,β-unsaturated/α-hetero) is 1. The second kappa shape index (κ2) is 10.8. The van der Waals surface area contributed by atoms with E-state index in [0.717, 1.165) is 12.8 Å². The molecule has 0 unspecified atom stereocenters. The van der Waals surface area contributed by atoms with Crippen LogP contribution >= 0.6 is 0 Å². The number of ketones is 2. The molecule has 1 aromatic rings. The van der Waals surface area contributed by atoms with E-state index in [4.69, 9.17) is 4.74 Å². The maximum absolute atomic E-state index is 17.3. The molecule has 0 radical (unpaired) electrons. The quantitative estimate of drug-likeness (QED) is 0.349. The predicted octanol–water partition coefficient (Wildman–Crippen LogP) is 4.34. The molecule has 7 nitrogen and oxygen atoms in total. The number of hydrogen-bond acceptors (Lipinski definition) is 6. The average molecular weight is 583 g/mol. The van der Waals surface area contributed by atoms with Crippen LogP contribution in [0.4, 0.5) is 4.39 Å². The van der Waals surface area contributed by atoms with Crippen molar-refractivity contribution in [2.24, 2.45) is 28.6 Å². The largest absolute Gasteiger partial charge is 0.453 e. The Labute approximate surface area is 247 Å². The number of hydrogen-bond donors (Lipinski definition) is 2. The van der Waals surface area contributed by atoms with Crippen molar-refractivity contribution < 1.29 is 38.3 Å². The molecule has 0 aromatic carbocycles. The SMILES string of the molecule is CCC(CC)c1cc[n+](CC(=O)OCC(=O)[C@@]2(O)[C@H](C)C[C@H]3[C@@H]4CCC5=CC(=O)C=C[C@]5(C)[C@@]4(F)[C@@H](O)C[C@@]32C)cc1. The van der Waals surface area contributed by atoms with E-state index in [1.165, 1.54) is 17.7 Å². The van der Waals surface area contributed by atoms with Crippen LogP contribution in [0.2, 0.25) is 0 Å². The molecule has 1 aromatic heterocycles. The van der Waals surface area contributed by atoms with Gasteiger partial charge in [-0.05, 0) is 80.9 Å². The summed E-state index contributed by atoms with van der Waals surface area (Å²) < 4.78 is 24.4. The molecule has 3 saturated carbocycles. The van der Waals surface area contributed by atoms with Crippen molar-refractivity contribution in [3.8, 4) is 0 Å². The standard InChI is InChI=1S/C34H45FNO6/c1-6-22(7-2)23-11-14-36(15-12-23)19-30(40)42-20-29(39)34(41)21(3)16-27-26-9-8-24-17-25(37)10-13-31(24,4)33(26,35)28(38)18-32(27,34)5/h10-15,17,21-22,26-28,38,41H,6-9,16,18-20H2,1-5H3/q+1/t21-,26+,27+,28+,31+,32+,33+,34+/m1/s1. The molecule has 4 aliphatic rings. The fourth-order valence-corrected chi connectivity index (χ4v) is 9.20. The Kier molecular flexibility index (Phi) is 7.89. The average Bonchev–Trinajstić information content (AvgIpc) is 3.16. The topological polar surface area (TPSA) is 105 Å². The number of aliphatic hydroxyl groups excluding tert-OH is 1. The molecule has 0 amide bonds. The first-order chi connectivity index (χ1) is 19.8. The first-order valence-electron chi connectivity index (χ1n) is 15.5. The summed E-state index contributed by atoms with van der Waals surface area (Å²) >= 11 is 0. The molecule has 0 saturated heterocycles. The minimum absolute atomic E-state index is 0.0695. The van der Waals surface area contributed by atoms with Gasteiger partial charge in [-0.15, -0.1) is 0 Å². The van der Waals surface area contributed by atoms with Gasteiger partial charge in [0.15, 0.2) is 30.5 Å². The van der Waals surface area contributed by atoms with Crippen LogP contribution in [0, 0.1) is 28.6 Å². The number of ether oxygens (including phenoxy) is 1. The fraction of sp³-hybridized carbons (Fsp3) is 0.647. The van der Waals surface area contributed by atoms with Crippen LogP contribution in [0.1, 0.15) is 84.6 Å². The van der Waals surface area contributed by atoms with Gasteiger partial charge >= 0.3 is 5.97 Å². The summed E-state index contributed by atoms with van der Waals surface area (Å²) in [5.41, 5.74) is -4.29. The minimum atomic E-state index is -2.04. The maximum Gasteiger partial charge on any atom is 0.373 e. The molecule has 3 fully saturated rings. The number of rotatable bonds is 8. The third kappa shape index (κ3) is 4.35. The highest BCUT2D eigenvalue weighted by Crippen LogP contribution is 2.70. The van der Waals surface area contributed by atoms with Crippen LogP contribution in [0.15, 0.2) is 48.3 Å². The van der Waals surface area contributed by atoms with Gasteiger partial charge in [0.1, 0.15) is 5.60 Å². The molecule has 4 aliphatic carbocycles. The lowest BCUT2D eigenvalue weighted by Crippen LogP contribution is -2.69. The lowest BCUT2D eigenvalue weighted by Gasteiger charge is -2.62. The van der Waals surface area contributed by atoms with Crippen molar-refractivity contribution in [2.75, 3.05) is 6.61 Å². The van der Waals surface area contributed by atoms with Gasteiger partial charge < -0.3 is 14.9 Å². The van der Waals surface area contributed by atoms with Crippen LogP contribution in [0.3, 0.4) is 0 Å². The molecule has 0 bridgehead atoms. The van der Waals surface area contributed by atoms with Crippen molar-refractivity contribution >= 4 is 17.5 Å². The number of esters is 1. The van der Waals surface area contributed by atoms with Crippen molar-refractivity contribution in [2.45, 2.75) is 103 Å². The summed E-state index contributed by atoms with van der Waals surface area (Å²) in [6, 6.07) is 3.98. The molecule has 8 atom stereocenters. The van der Waals surface area contributed by atoms with Gasteiger partial charge in [0.2, 0.25) is 12.3 Å². The van der Waals surface area contributed by atoms with Gasteiger partial charge in [0.05, 0.1) is 6.10 Å². The highest BCUT2D eigenvalue weighted by molar-refractivity contribution is 6.01. The number of halogens is 1. The first kappa shape index (κ1) is 30.7. The molecular formula is C34H45FNO6+. The zero-order valence-electron chi connectivity index (χ0n) is 25.4. The number of fused-ring (bicyclic) bond motifs is 5. The molecule has 228 valence electrons. The van der Waals surface area contributed by atoms with E-state index in [1.54, 1.807) is 31.4 Å². The third-order valence-corrected chi connectivity index (χ3v) is 11.7. The Bertz CT molecular complexity index is 1320. The smallest absolute Gasteiger partial charge is 0.373 e. The van der Waals surface area contributed by atoms with Gasteiger partial charge in [-0.1, -0.05) is 39.3 Å². The Hall–Kier alpha value is -2.71. The molecule has 42 heavy (non-hydrogen) atoms.